The molecule has 128 valence electrons. The van der Waals surface area contributed by atoms with E-state index in [1.807, 2.05) is 48.5 Å². The van der Waals surface area contributed by atoms with E-state index in [2.05, 4.69) is 15.6 Å². The second-order valence-electron chi connectivity index (χ2n) is 6.20. The molecule has 1 aromatic heterocycles. The van der Waals surface area contributed by atoms with Crippen molar-refractivity contribution >= 4 is 17.5 Å². The highest BCUT2D eigenvalue weighted by Gasteiger charge is 2.28. The van der Waals surface area contributed by atoms with Gasteiger partial charge >= 0.3 is 0 Å². The number of carbonyl (C=O) groups excluding carboxylic acids is 2. The number of carbonyl (C=O) groups is 2. The van der Waals surface area contributed by atoms with E-state index in [4.69, 9.17) is 0 Å². The molecular weight excluding hydrogens is 326 g/mol. The maximum absolute atomic E-state index is 12.7. The molecule has 26 heavy (non-hydrogen) atoms. The molecule has 0 fully saturated rings. The zero-order valence-corrected chi connectivity index (χ0v) is 14.0. The lowest BCUT2D eigenvalue weighted by atomic mass is 10.0. The number of benzene rings is 2. The third-order valence-corrected chi connectivity index (χ3v) is 4.44. The van der Waals surface area contributed by atoms with Crippen LogP contribution in [0.1, 0.15) is 15.9 Å². The van der Waals surface area contributed by atoms with Gasteiger partial charge in [-0.1, -0.05) is 36.4 Å². The van der Waals surface area contributed by atoms with Crippen molar-refractivity contribution in [2.45, 2.75) is 12.5 Å². The lowest BCUT2D eigenvalue weighted by Gasteiger charge is -2.14. The van der Waals surface area contributed by atoms with E-state index in [1.165, 1.54) is 0 Å². The normalized spacial score (nSPS) is 16.2. The minimum atomic E-state index is -0.610. The Morgan fingerprint density at radius 2 is 1.65 bits per heavy atom. The molecule has 2 aromatic carbocycles. The van der Waals surface area contributed by atoms with Gasteiger partial charge in [-0.15, -0.1) is 0 Å². The van der Waals surface area contributed by atoms with Gasteiger partial charge in [0, 0.05) is 18.8 Å². The van der Waals surface area contributed by atoms with Crippen molar-refractivity contribution in [3.63, 3.8) is 0 Å². The zero-order valence-electron chi connectivity index (χ0n) is 14.0. The first kappa shape index (κ1) is 16.0. The Balaban J connectivity index is 1.63. The summed E-state index contributed by atoms with van der Waals surface area (Å²) in [4.78, 5) is 29.3. The third-order valence-electron chi connectivity index (χ3n) is 4.44. The van der Waals surface area contributed by atoms with Gasteiger partial charge in [0.15, 0.2) is 0 Å². The molecule has 0 saturated carbocycles. The molecule has 0 radical (unpaired) electrons. The summed E-state index contributed by atoms with van der Waals surface area (Å²) >= 11 is 0. The Labute approximate surface area is 151 Å². The molecule has 0 bridgehead atoms. The second-order valence-corrected chi connectivity index (χ2v) is 6.20. The van der Waals surface area contributed by atoms with Gasteiger partial charge in [-0.2, -0.15) is 0 Å². The molecule has 0 saturated heterocycles. The van der Waals surface area contributed by atoms with E-state index in [0.717, 1.165) is 16.7 Å². The average Bonchev–Trinajstić information content (AvgIpc) is 2.79. The quantitative estimate of drug-likeness (QED) is 0.768. The van der Waals surface area contributed by atoms with Crippen molar-refractivity contribution in [1.82, 2.24) is 10.3 Å². The number of hydrogen-bond acceptors (Lipinski definition) is 3. The number of hydrogen-bond donors (Lipinski definition) is 2. The molecule has 1 aliphatic rings. The van der Waals surface area contributed by atoms with E-state index in [-0.39, 0.29) is 11.8 Å². The molecule has 4 rings (SSSR count). The van der Waals surface area contributed by atoms with Gasteiger partial charge < -0.3 is 10.6 Å². The Kier molecular flexibility index (Phi) is 4.19. The number of pyridine rings is 1. The van der Waals surface area contributed by atoms with Gasteiger partial charge in [0.25, 0.3) is 5.91 Å². The zero-order chi connectivity index (χ0) is 17.9. The number of amides is 2. The van der Waals surface area contributed by atoms with Crippen LogP contribution in [0.2, 0.25) is 0 Å². The first-order valence-electron chi connectivity index (χ1n) is 8.41. The van der Waals surface area contributed by atoms with Gasteiger partial charge in [-0.05, 0) is 41.0 Å². The van der Waals surface area contributed by atoms with E-state index in [0.29, 0.717) is 17.7 Å². The summed E-state index contributed by atoms with van der Waals surface area (Å²) < 4.78 is 0. The van der Waals surface area contributed by atoms with Gasteiger partial charge in [0.05, 0.1) is 11.3 Å². The molecule has 0 aliphatic carbocycles. The molecule has 2 amide bonds. The summed E-state index contributed by atoms with van der Waals surface area (Å²) in [6, 6.07) is 18.3. The molecule has 0 unspecified atom stereocenters. The van der Waals surface area contributed by atoms with Crippen molar-refractivity contribution in [3.8, 4) is 11.1 Å². The van der Waals surface area contributed by atoms with Crippen molar-refractivity contribution < 1.29 is 9.59 Å². The maximum atomic E-state index is 12.7. The molecule has 1 atom stereocenters. The maximum Gasteiger partial charge on any atom is 0.254 e. The topological polar surface area (TPSA) is 71.1 Å². The predicted molar refractivity (Wildman–Crippen MR) is 99.7 cm³/mol. The SMILES string of the molecule is O=C1N[C@H](Cc2ccccc2)C(=O)Nc2ccc(-c3ccncc3)cc21. The van der Waals surface area contributed by atoms with Crippen LogP contribution in [-0.4, -0.2) is 22.8 Å². The summed E-state index contributed by atoms with van der Waals surface area (Å²) in [5.41, 5.74) is 3.85. The van der Waals surface area contributed by atoms with Crippen LogP contribution in [0.15, 0.2) is 73.1 Å². The third kappa shape index (κ3) is 3.19. The first-order chi connectivity index (χ1) is 12.7. The van der Waals surface area contributed by atoms with Gasteiger partial charge in [-0.25, -0.2) is 0 Å². The monoisotopic (exact) mass is 343 g/mol. The van der Waals surface area contributed by atoms with Crippen LogP contribution in [0, 0.1) is 0 Å². The number of nitrogens with one attached hydrogen (secondary N) is 2. The van der Waals surface area contributed by atoms with E-state index in [9.17, 15) is 9.59 Å². The number of aromatic nitrogens is 1. The number of fused-ring (bicyclic) bond motifs is 1. The minimum Gasteiger partial charge on any atom is -0.340 e. The van der Waals surface area contributed by atoms with E-state index >= 15 is 0 Å². The molecule has 5 heteroatoms. The molecule has 5 nitrogen and oxygen atoms in total. The van der Waals surface area contributed by atoms with Crippen LogP contribution in [0.5, 0.6) is 0 Å². The fourth-order valence-electron chi connectivity index (χ4n) is 3.08. The average molecular weight is 343 g/mol. The van der Waals surface area contributed by atoms with Crippen LogP contribution in [0.25, 0.3) is 11.1 Å². The van der Waals surface area contributed by atoms with Crippen LogP contribution < -0.4 is 10.6 Å². The van der Waals surface area contributed by atoms with Gasteiger partial charge in [0.1, 0.15) is 6.04 Å². The summed E-state index contributed by atoms with van der Waals surface area (Å²) in [5, 5.41) is 5.72. The molecular formula is C21H17N3O2. The number of rotatable bonds is 3. The lowest BCUT2D eigenvalue weighted by molar-refractivity contribution is -0.117. The Bertz CT molecular complexity index is 956. The highest BCUT2D eigenvalue weighted by atomic mass is 16.2. The predicted octanol–water partition coefficient (Wildman–Crippen LogP) is 3.04. The second kappa shape index (κ2) is 6.80. The summed E-state index contributed by atoms with van der Waals surface area (Å²) in [6.45, 7) is 0. The van der Waals surface area contributed by atoms with Crippen LogP contribution in [0.3, 0.4) is 0 Å². The number of nitrogens with zero attached hydrogens (tertiary/aromatic N) is 1. The summed E-state index contributed by atoms with van der Waals surface area (Å²) in [5.74, 6) is -0.465. The smallest absolute Gasteiger partial charge is 0.254 e. The standard InChI is InChI=1S/C21H17N3O2/c25-20-17-13-16(15-8-10-22-11-9-15)6-7-18(17)23-21(26)19(24-20)12-14-4-2-1-3-5-14/h1-11,13,19H,12H2,(H,23,26)(H,24,25)/t19-/m1/s1. The van der Waals surface area contributed by atoms with E-state index in [1.54, 1.807) is 24.5 Å². The van der Waals surface area contributed by atoms with Gasteiger partial charge in [0.2, 0.25) is 5.91 Å². The molecule has 2 N–H and O–H groups in total. The summed E-state index contributed by atoms with van der Waals surface area (Å²) in [6.07, 6.45) is 3.86. The molecule has 2 heterocycles. The molecule has 1 aliphatic heterocycles. The fourth-order valence-corrected chi connectivity index (χ4v) is 3.08. The Morgan fingerprint density at radius 1 is 0.885 bits per heavy atom. The highest BCUT2D eigenvalue weighted by molar-refractivity contribution is 6.10. The van der Waals surface area contributed by atoms with Crippen molar-refractivity contribution in [1.29, 1.82) is 0 Å². The number of anilines is 1. The molecule has 3 aromatic rings. The van der Waals surface area contributed by atoms with Crippen LogP contribution >= 0.6 is 0 Å². The van der Waals surface area contributed by atoms with Crippen molar-refractivity contribution in [2.75, 3.05) is 5.32 Å². The fraction of sp³-hybridized carbons (Fsp3) is 0.0952. The minimum absolute atomic E-state index is 0.211. The van der Waals surface area contributed by atoms with Crippen molar-refractivity contribution in [3.05, 3.63) is 84.2 Å². The Morgan fingerprint density at radius 3 is 2.42 bits per heavy atom. The van der Waals surface area contributed by atoms with Crippen LogP contribution in [0.4, 0.5) is 5.69 Å². The van der Waals surface area contributed by atoms with E-state index < -0.39 is 6.04 Å². The molecule has 0 spiro atoms. The first-order valence-corrected chi connectivity index (χ1v) is 8.41. The Hall–Kier alpha value is -3.47. The van der Waals surface area contributed by atoms with Crippen molar-refractivity contribution in [2.24, 2.45) is 0 Å². The highest BCUT2D eigenvalue weighted by Crippen LogP contribution is 2.26. The largest absolute Gasteiger partial charge is 0.340 e. The van der Waals surface area contributed by atoms with Gasteiger partial charge in [-0.3, -0.25) is 14.6 Å². The lowest BCUT2D eigenvalue weighted by Crippen LogP contribution is -2.42. The van der Waals surface area contributed by atoms with Crippen LogP contribution in [-0.2, 0) is 11.2 Å². The summed E-state index contributed by atoms with van der Waals surface area (Å²) in [7, 11) is 0.